The molecule has 0 bridgehead atoms. The van der Waals surface area contributed by atoms with Gasteiger partial charge in [-0.25, -0.2) is 13.1 Å². The molecule has 0 aliphatic rings. The minimum Gasteiger partial charge on any atom is -0.508 e. The number of alkyl halides is 1. The lowest BCUT2D eigenvalue weighted by Crippen LogP contribution is -2.35. The van der Waals surface area contributed by atoms with Crippen molar-refractivity contribution in [2.24, 2.45) is 0 Å². The number of nitrogens with one attached hydrogen (secondary N) is 1. The molecule has 0 spiro atoms. The van der Waals surface area contributed by atoms with Crippen LogP contribution in [0.15, 0.2) is 24.3 Å². The highest BCUT2D eigenvalue weighted by molar-refractivity contribution is 7.89. The molecular formula is C12H18ClNO3S. The molecule has 0 fully saturated rings. The van der Waals surface area contributed by atoms with E-state index in [1.165, 1.54) is 0 Å². The second-order valence-electron chi connectivity index (χ2n) is 4.23. The lowest BCUT2D eigenvalue weighted by Gasteiger charge is -2.13. The van der Waals surface area contributed by atoms with E-state index in [0.717, 1.165) is 12.0 Å². The third kappa shape index (κ3) is 5.71. The maximum Gasteiger partial charge on any atom is 0.213 e. The van der Waals surface area contributed by atoms with Gasteiger partial charge in [0.25, 0.3) is 0 Å². The van der Waals surface area contributed by atoms with E-state index >= 15 is 0 Å². The Morgan fingerprint density at radius 3 is 2.50 bits per heavy atom. The Labute approximate surface area is 113 Å². The van der Waals surface area contributed by atoms with Crippen molar-refractivity contribution in [3.8, 4) is 5.75 Å². The highest BCUT2D eigenvalue weighted by Gasteiger charge is 2.13. The van der Waals surface area contributed by atoms with Crippen molar-refractivity contribution in [3.63, 3.8) is 0 Å². The van der Waals surface area contributed by atoms with Crippen LogP contribution in [0.1, 0.15) is 18.9 Å². The molecule has 0 aliphatic carbocycles. The normalized spacial score (nSPS) is 13.4. The van der Waals surface area contributed by atoms with Crippen LogP contribution in [0.4, 0.5) is 0 Å². The number of hydrogen-bond donors (Lipinski definition) is 2. The summed E-state index contributed by atoms with van der Waals surface area (Å²) in [6, 6.07) is 6.77. The zero-order chi connectivity index (χ0) is 13.6. The second-order valence-corrected chi connectivity index (χ2v) is 6.48. The van der Waals surface area contributed by atoms with E-state index in [1.807, 2.05) is 19.1 Å². The predicted octanol–water partition coefficient (Wildman–Crippen LogP) is 1.87. The SMILES string of the molecule is CC(CCc1ccc(O)cc1)NS(=O)(=O)CCCl. The van der Waals surface area contributed by atoms with Crippen molar-refractivity contribution in [3.05, 3.63) is 29.8 Å². The number of aromatic hydroxyl groups is 1. The molecule has 0 saturated carbocycles. The monoisotopic (exact) mass is 291 g/mol. The van der Waals surface area contributed by atoms with Gasteiger partial charge in [0.1, 0.15) is 5.75 Å². The molecular weight excluding hydrogens is 274 g/mol. The van der Waals surface area contributed by atoms with E-state index < -0.39 is 10.0 Å². The Kier molecular flexibility index (Phi) is 5.91. The molecule has 1 aromatic carbocycles. The number of benzene rings is 1. The standard InChI is InChI=1S/C12H18ClNO3S/c1-10(14-18(16,17)9-8-13)2-3-11-4-6-12(15)7-5-11/h4-7,10,14-15H,2-3,8-9H2,1H3. The van der Waals surface area contributed by atoms with Gasteiger partial charge in [-0.15, -0.1) is 11.6 Å². The molecule has 0 saturated heterocycles. The van der Waals surface area contributed by atoms with Crippen LogP contribution in [0.3, 0.4) is 0 Å². The highest BCUT2D eigenvalue weighted by atomic mass is 35.5. The average molecular weight is 292 g/mol. The topological polar surface area (TPSA) is 66.4 Å². The zero-order valence-electron chi connectivity index (χ0n) is 10.3. The fourth-order valence-electron chi connectivity index (χ4n) is 1.57. The molecule has 1 aromatic rings. The van der Waals surface area contributed by atoms with Crippen LogP contribution >= 0.6 is 11.6 Å². The van der Waals surface area contributed by atoms with Gasteiger partial charge >= 0.3 is 0 Å². The minimum atomic E-state index is -3.26. The van der Waals surface area contributed by atoms with Gasteiger partial charge in [-0.2, -0.15) is 0 Å². The van der Waals surface area contributed by atoms with Crippen LogP contribution < -0.4 is 4.72 Å². The van der Waals surface area contributed by atoms with Gasteiger partial charge in [-0.1, -0.05) is 12.1 Å². The van der Waals surface area contributed by atoms with E-state index in [1.54, 1.807) is 12.1 Å². The highest BCUT2D eigenvalue weighted by Crippen LogP contribution is 2.12. The van der Waals surface area contributed by atoms with Gasteiger partial charge in [0.15, 0.2) is 0 Å². The lowest BCUT2D eigenvalue weighted by molar-refractivity contribution is 0.475. The molecule has 0 radical (unpaired) electrons. The lowest BCUT2D eigenvalue weighted by atomic mass is 10.1. The van der Waals surface area contributed by atoms with Gasteiger partial charge in [-0.3, -0.25) is 0 Å². The quantitative estimate of drug-likeness (QED) is 0.754. The number of halogens is 1. The van der Waals surface area contributed by atoms with E-state index in [-0.39, 0.29) is 23.4 Å². The van der Waals surface area contributed by atoms with E-state index in [9.17, 15) is 8.42 Å². The number of aryl methyl sites for hydroxylation is 1. The van der Waals surface area contributed by atoms with Crippen LogP contribution in [-0.4, -0.2) is 31.2 Å². The zero-order valence-corrected chi connectivity index (χ0v) is 11.8. The summed E-state index contributed by atoms with van der Waals surface area (Å²) < 4.78 is 25.5. The molecule has 102 valence electrons. The predicted molar refractivity (Wildman–Crippen MR) is 73.5 cm³/mol. The molecule has 0 heterocycles. The molecule has 4 nitrogen and oxygen atoms in total. The van der Waals surface area contributed by atoms with Crippen molar-refractivity contribution >= 4 is 21.6 Å². The van der Waals surface area contributed by atoms with Gasteiger partial charge < -0.3 is 5.11 Å². The van der Waals surface area contributed by atoms with Crippen molar-refractivity contribution in [2.45, 2.75) is 25.8 Å². The Hall–Kier alpha value is -0.780. The van der Waals surface area contributed by atoms with E-state index in [0.29, 0.717) is 6.42 Å². The number of rotatable bonds is 7. The second kappa shape index (κ2) is 6.97. The number of hydrogen-bond acceptors (Lipinski definition) is 3. The molecule has 1 unspecified atom stereocenters. The Balaban J connectivity index is 2.42. The smallest absolute Gasteiger partial charge is 0.213 e. The molecule has 18 heavy (non-hydrogen) atoms. The summed E-state index contributed by atoms with van der Waals surface area (Å²) in [5.74, 6) is 0.271. The number of phenols is 1. The summed E-state index contributed by atoms with van der Waals surface area (Å²) in [5, 5.41) is 9.14. The summed E-state index contributed by atoms with van der Waals surface area (Å²) in [7, 11) is -3.26. The fraction of sp³-hybridized carbons (Fsp3) is 0.500. The van der Waals surface area contributed by atoms with Crippen LogP contribution in [0.5, 0.6) is 5.75 Å². The summed E-state index contributed by atoms with van der Waals surface area (Å²) >= 11 is 5.41. The first kappa shape index (κ1) is 15.3. The first-order valence-corrected chi connectivity index (χ1v) is 7.95. The number of sulfonamides is 1. The van der Waals surface area contributed by atoms with Gasteiger partial charge in [0, 0.05) is 11.9 Å². The molecule has 6 heteroatoms. The largest absolute Gasteiger partial charge is 0.508 e. The Morgan fingerprint density at radius 1 is 1.33 bits per heavy atom. The molecule has 0 amide bonds. The van der Waals surface area contributed by atoms with E-state index in [4.69, 9.17) is 16.7 Å². The van der Waals surface area contributed by atoms with Crippen molar-refractivity contribution in [2.75, 3.05) is 11.6 Å². The van der Waals surface area contributed by atoms with Crippen LogP contribution in [0, 0.1) is 0 Å². The molecule has 2 N–H and O–H groups in total. The average Bonchev–Trinajstić information content (AvgIpc) is 2.27. The first-order chi connectivity index (χ1) is 8.43. The van der Waals surface area contributed by atoms with Crippen LogP contribution in [0.25, 0.3) is 0 Å². The third-order valence-corrected chi connectivity index (χ3v) is 4.45. The molecule has 0 aliphatic heterocycles. The molecule has 0 aromatic heterocycles. The fourth-order valence-corrected chi connectivity index (χ4v) is 3.23. The molecule has 1 rings (SSSR count). The van der Waals surface area contributed by atoms with Gasteiger partial charge in [0.05, 0.1) is 5.75 Å². The third-order valence-electron chi connectivity index (χ3n) is 2.53. The summed E-state index contributed by atoms with van der Waals surface area (Å²) in [4.78, 5) is 0. The Bertz CT molecular complexity index is 459. The van der Waals surface area contributed by atoms with Crippen molar-refractivity contribution in [1.29, 1.82) is 0 Å². The van der Waals surface area contributed by atoms with E-state index in [2.05, 4.69) is 4.72 Å². The van der Waals surface area contributed by atoms with Crippen LogP contribution in [-0.2, 0) is 16.4 Å². The first-order valence-electron chi connectivity index (χ1n) is 5.77. The summed E-state index contributed by atoms with van der Waals surface area (Å²) in [6.07, 6.45) is 1.46. The summed E-state index contributed by atoms with van der Waals surface area (Å²) in [6.45, 7) is 1.83. The van der Waals surface area contributed by atoms with Gasteiger partial charge in [-0.05, 0) is 37.5 Å². The van der Waals surface area contributed by atoms with Crippen LogP contribution in [0.2, 0.25) is 0 Å². The maximum absolute atomic E-state index is 11.5. The minimum absolute atomic E-state index is 0.0574. The number of phenolic OH excluding ortho intramolecular Hbond substituents is 1. The molecule has 1 atom stereocenters. The van der Waals surface area contributed by atoms with Gasteiger partial charge in [0.2, 0.25) is 10.0 Å². The maximum atomic E-state index is 11.5. The van der Waals surface area contributed by atoms with Crippen molar-refractivity contribution in [1.82, 2.24) is 4.72 Å². The summed E-state index contributed by atoms with van der Waals surface area (Å²) in [5.41, 5.74) is 1.07. The van der Waals surface area contributed by atoms with Crippen molar-refractivity contribution < 1.29 is 13.5 Å². The Morgan fingerprint density at radius 2 is 1.94 bits per heavy atom.